The highest BCUT2D eigenvalue weighted by molar-refractivity contribution is 7.90. The fourth-order valence-electron chi connectivity index (χ4n) is 2.21. The molecule has 1 saturated heterocycles. The Labute approximate surface area is 129 Å². The lowest BCUT2D eigenvalue weighted by Crippen LogP contribution is -2.44. The van der Waals surface area contributed by atoms with Gasteiger partial charge in [0, 0.05) is 13.1 Å². The van der Waals surface area contributed by atoms with Crippen LogP contribution in [0.5, 0.6) is 0 Å². The number of piperidine rings is 1. The summed E-state index contributed by atoms with van der Waals surface area (Å²) in [4.78, 5) is 0. The average molecular weight is 338 g/mol. The van der Waals surface area contributed by atoms with Crippen LogP contribution < -0.4 is 10.5 Å². The summed E-state index contributed by atoms with van der Waals surface area (Å²) < 4.78 is 28.6. The number of benzene rings is 1. The molecule has 112 valence electrons. The summed E-state index contributed by atoms with van der Waals surface area (Å²) >= 11 is 11.7. The molecule has 0 aliphatic carbocycles. The number of nitrogens with one attached hydrogen (secondary N) is 1. The van der Waals surface area contributed by atoms with Crippen molar-refractivity contribution >= 4 is 39.1 Å². The van der Waals surface area contributed by atoms with Crippen molar-refractivity contribution in [1.29, 1.82) is 0 Å². The zero-order valence-corrected chi connectivity index (χ0v) is 13.2. The lowest BCUT2D eigenvalue weighted by Gasteiger charge is -2.31. The quantitative estimate of drug-likeness (QED) is 0.885. The minimum Gasteiger partial charge on any atom is -0.330 e. The highest BCUT2D eigenvalue weighted by Gasteiger charge is 2.28. The van der Waals surface area contributed by atoms with E-state index in [-0.39, 0.29) is 5.92 Å². The smallest absolute Gasteiger partial charge is 0.301 e. The molecule has 0 bridgehead atoms. The van der Waals surface area contributed by atoms with E-state index in [0.717, 1.165) is 12.8 Å². The molecule has 1 aliphatic rings. The predicted molar refractivity (Wildman–Crippen MR) is 82.4 cm³/mol. The topological polar surface area (TPSA) is 75.4 Å². The third-order valence-corrected chi connectivity index (χ3v) is 5.57. The molecule has 1 aliphatic heterocycles. The highest BCUT2D eigenvalue weighted by atomic mass is 35.5. The van der Waals surface area contributed by atoms with Gasteiger partial charge in [0.25, 0.3) is 0 Å². The molecule has 1 heterocycles. The van der Waals surface area contributed by atoms with Crippen LogP contribution >= 0.6 is 23.2 Å². The first-order valence-electron chi connectivity index (χ1n) is 6.35. The van der Waals surface area contributed by atoms with Gasteiger partial charge in [-0.25, -0.2) is 0 Å². The zero-order chi connectivity index (χ0) is 14.8. The van der Waals surface area contributed by atoms with E-state index in [4.69, 9.17) is 28.9 Å². The van der Waals surface area contributed by atoms with Crippen molar-refractivity contribution in [2.45, 2.75) is 12.8 Å². The van der Waals surface area contributed by atoms with Crippen molar-refractivity contribution in [1.82, 2.24) is 4.31 Å². The third kappa shape index (κ3) is 3.77. The molecule has 0 radical (unpaired) electrons. The van der Waals surface area contributed by atoms with E-state index in [1.54, 1.807) is 12.1 Å². The molecule has 0 amide bonds. The van der Waals surface area contributed by atoms with Gasteiger partial charge in [-0.1, -0.05) is 23.2 Å². The van der Waals surface area contributed by atoms with Gasteiger partial charge in [-0.05, 0) is 43.5 Å². The van der Waals surface area contributed by atoms with Crippen molar-refractivity contribution in [3.63, 3.8) is 0 Å². The summed E-state index contributed by atoms with van der Waals surface area (Å²) in [6.07, 6.45) is 1.79. The molecule has 2 rings (SSSR count). The van der Waals surface area contributed by atoms with Crippen molar-refractivity contribution in [3.05, 3.63) is 28.2 Å². The van der Waals surface area contributed by atoms with E-state index in [1.807, 2.05) is 0 Å². The first-order chi connectivity index (χ1) is 9.42. The van der Waals surface area contributed by atoms with Crippen molar-refractivity contribution in [2.24, 2.45) is 11.7 Å². The predicted octanol–water partition coefficient (Wildman–Crippen LogP) is 2.32. The minimum atomic E-state index is -3.58. The van der Waals surface area contributed by atoms with Gasteiger partial charge in [0.15, 0.2) is 0 Å². The fourth-order valence-corrected chi connectivity index (χ4v) is 3.84. The van der Waals surface area contributed by atoms with Crippen LogP contribution in [0.3, 0.4) is 0 Å². The molecule has 3 N–H and O–H groups in total. The largest absolute Gasteiger partial charge is 0.330 e. The van der Waals surface area contributed by atoms with Crippen LogP contribution in [0.25, 0.3) is 0 Å². The van der Waals surface area contributed by atoms with E-state index in [9.17, 15) is 8.42 Å². The molecular weight excluding hydrogens is 321 g/mol. The number of hydrogen-bond donors (Lipinski definition) is 2. The molecule has 1 unspecified atom stereocenters. The van der Waals surface area contributed by atoms with Gasteiger partial charge in [0.1, 0.15) is 0 Å². The molecule has 0 spiro atoms. The molecule has 0 aromatic heterocycles. The Morgan fingerprint density at radius 3 is 2.75 bits per heavy atom. The molecule has 5 nitrogen and oxygen atoms in total. The molecule has 8 heteroatoms. The maximum Gasteiger partial charge on any atom is 0.301 e. The summed E-state index contributed by atoms with van der Waals surface area (Å²) in [5.74, 6) is 0.217. The lowest BCUT2D eigenvalue weighted by atomic mass is 10.0. The van der Waals surface area contributed by atoms with Crippen molar-refractivity contribution in [3.8, 4) is 0 Å². The van der Waals surface area contributed by atoms with Crippen LogP contribution in [0.15, 0.2) is 18.2 Å². The molecule has 1 aromatic carbocycles. The monoisotopic (exact) mass is 337 g/mol. The molecular formula is C12H17Cl2N3O2S. The Hall–Kier alpha value is -0.530. The van der Waals surface area contributed by atoms with E-state index in [2.05, 4.69) is 4.72 Å². The first-order valence-corrected chi connectivity index (χ1v) is 8.55. The highest BCUT2D eigenvalue weighted by Crippen LogP contribution is 2.26. The number of anilines is 1. The second-order valence-corrected chi connectivity index (χ2v) is 7.32. The summed E-state index contributed by atoms with van der Waals surface area (Å²) in [5, 5.41) is 0.695. The number of hydrogen-bond acceptors (Lipinski definition) is 3. The van der Waals surface area contributed by atoms with E-state index < -0.39 is 10.2 Å². The molecule has 20 heavy (non-hydrogen) atoms. The van der Waals surface area contributed by atoms with Crippen LogP contribution in [0.1, 0.15) is 12.8 Å². The number of nitrogens with two attached hydrogens (primary N) is 1. The van der Waals surface area contributed by atoms with Crippen LogP contribution in [0.2, 0.25) is 10.0 Å². The van der Waals surface area contributed by atoms with Gasteiger partial charge in [-0.3, -0.25) is 4.72 Å². The Bertz CT molecular complexity index is 580. The number of nitrogens with zero attached hydrogens (tertiary/aromatic N) is 1. The van der Waals surface area contributed by atoms with Gasteiger partial charge in [0.2, 0.25) is 0 Å². The molecule has 1 aromatic rings. The minimum absolute atomic E-state index is 0.217. The maximum absolute atomic E-state index is 12.3. The number of halogens is 2. The number of rotatable bonds is 4. The van der Waals surface area contributed by atoms with Gasteiger partial charge in [0.05, 0.1) is 15.7 Å². The van der Waals surface area contributed by atoms with E-state index >= 15 is 0 Å². The third-order valence-electron chi connectivity index (χ3n) is 3.32. The van der Waals surface area contributed by atoms with Gasteiger partial charge in [-0.2, -0.15) is 12.7 Å². The zero-order valence-electron chi connectivity index (χ0n) is 10.9. The van der Waals surface area contributed by atoms with Crippen molar-refractivity contribution < 1.29 is 8.42 Å². The van der Waals surface area contributed by atoms with Crippen molar-refractivity contribution in [2.75, 3.05) is 24.4 Å². The summed E-state index contributed by atoms with van der Waals surface area (Å²) in [5.41, 5.74) is 6.02. The first kappa shape index (κ1) is 15.9. The molecule has 0 saturated carbocycles. The Morgan fingerprint density at radius 1 is 1.35 bits per heavy atom. The summed E-state index contributed by atoms with van der Waals surface area (Å²) in [7, 11) is -3.58. The van der Waals surface area contributed by atoms with Crippen LogP contribution in [0.4, 0.5) is 5.69 Å². The van der Waals surface area contributed by atoms with Crippen LogP contribution in [-0.2, 0) is 10.2 Å². The van der Waals surface area contributed by atoms with Gasteiger partial charge >= 0.3 is 10.2 Å². The second-order valence-electron chi connectivity index (χ2n) is 4.84. The molecule has 1 fully saturated rings. The Morgan fingerprint density at radius 2 is 2.10 bits per heavy atom. The summed E-state index contributed by atoms with van der Waals surface area (Å²) in [6, 6.07) is 4.63. The van der Waals surface area contributed by atoms with E-state index in [1.165, 1.54) is 10.4 Å². The standard InChI is InChI=1S/C12H17Cl2N3O2S/c13-11-4-3-10(6-12(11)14)16-20(18,19)17-5-1-2-9(7-15)8-17/h3-4,6,9,16H,1-2,5,7-8,15H2. The van der Waals surface area contributed by atoms with Crippen LogP contribution in [-0.4, -0.2) is 32.4 Å². The van der Waals surface area contributed by atoms with E-state index in [0.29, 0.717) is 35.4 Å². The average Bonchev–Trinajstić information content (AvgIpc) is 2.43. The summed E-state index contributed by atoms with van der Waals surface area (Å²) in [6.45, 7) is 1.46. The van der Waals surface area contributed by atoms with Crippen LogP contribution in [0, 0.1) is 5.92 Å². The Kier molecular flexibility index (Phi) is 5.14. The fraction of sp³-hybridized carbons (Fsp3) is 0.500. The Balaban J connectivity index is 2.12. The van der Waals surface area contributed by atoms with Gasteiger partial charge < -0.3 is 5.73 Å². The second kappa shape index (κ2) is 6.49. The van der Waals surface area contributed by atoms with Gasteiger partial charge in [-0.15, -0.1) is 0 Å². The lowest BCUT2D eigenvalue weighted by molar-refractivity contribution is 0.273. The SMILES string of the molecule is NCC1CCCN(S(=O)(=O)Nc2ccc(Cl)c(Cl)c2)C1. The maximum atomic E-state index is 12.3. The normalized spacial score (nSPS) is 20.9. The molecule has 1 atom stereocenters.